The monoisotopic (exact) mass is 191 g/mol. The van der Waals surface area contributed by atoms with E-state index in [1.165, 1.54) is 4.68 Å². The quantitative estimate of drug-likeness (QED) is 0.640. The van der Waals surface area contributed by atoms with E-state index in [2.05, 4.69) is 11.2 Å². The third kappa shape index (κ3) is 1.07. The molecule has 13 heavy (non-hydrogen) atoms. The molecule has 2 rings (SSSR count). The van der Waals surface area contributed by atoms with Crippen LogP contribution in [0.5, 0.6) is 0 Å². The Balaban J connectivity index is 2.99. The van der Waals surface area contributed by atoms with Crippen LogP contribution in [0.3, 0.4) is 0 Å². The van der Waals surface area contributed by atoms with E-state index < -0.39 is 0 Å². The van der Waals surface area contributed by atoms with Gasteiger partial charge in [0.1, 0.15) is 11.8 Å². The average molecular weight is 192 g/mol. The normalized spacial score (nSPS) is 10.2. The summed E-state index contributed by atoms with van der Waals surface area (Å²) in [6.45, 7) is 0. The first-order chi connectivity index (χ1) is 6.24. The molecule has 1 aromatic heterocycles. The van der Waals surface area contributed by atoms with Gasteiger partial charge in [-0.1, -0.05) is 17.7 Å². The molecule has 0 aliphatic heterocycles. The minimum absolute atomic E-state index is 0.501. The predicted molar refractivity (Wildman–Crippen MR) is 50.4 cm³/mol. The first-order valence-corrected chi connectivity index (χ1v) is 4.13. The van der Waals surface area contributed by atoms with Crippen LogP contribution >= 0.6 is 11.6 Å². The van der Waals surface area contributed by atoms with E-state index in [1.807, 2.05) is 12.1 Å². The Morgan fingerprint density at radius 3 is 3.00 bits per heavy atom. The zero-order valence-electron chi connectivity index (χ0n) is 6.95. The first kappa shape index (κ1) is 8.09. The van der Waals surface area contributed by atoms with Gasteiger partial charge in [0.25, 0.3) is 0 Å². The maximum absolute atomic E-state index is 8.86. The Hall–Kier alpha value is -1.53. The van der Waals surface area contributed by atoms with Crippen LogP contribution in [0.4, 0.5) is 0 Å². The maximum Gasteiger partial charge on any atom is 0.147 e. The lowest BCUT2D eigenvalue weighted by atomic mass is 10.2. The molecule has 0 radical (unpaired) electrons. The lowest BCUT2D eigenvalue weighted by Crippen LogP contribution is -1.92. The van der Waals surface area contributed by atoms with Gasteiger partial charge in [0.15, 0.2) is 0 Å². The Bertz CT molecular complexity index is 507. The second-order valence-corrected chi connectivity index (χ2v) is 3.13. The summed E-state index contributed by atoms with van der Waals surface area (Å²) in [5.74, 6) is 0. The SMILES string of the molecule is Cn1nc2cccc(Cl)c2c1C#N. The second-order valence-electron chi connectivity index (χ2n) is 2.72. The van der Waals surface area contributed by atoms with Gasteiger partial charge in [0.05, 0.1) is 15.9 Å². The highest BCUT2D eigenvalue weighted by atomic mass is 35.5. The van der Waals surface area contributed by atoms with Crippen LogP contribution < -0.4 is 0 Å². The van der Waals surface area contributed by atoms with Crippen molar-refractivity contribution in [2.75, 3.05) is 0 Å². The first-order valence-electron chi connectivity index (χ1n) is 3.75. The van der Waals surface area contributed by atoms with E-state index in [0.717, 1.165) is 10.9 Å². The summed E-state index contributed by atoms with van der Waals surface area (Å²) >= 11 is 5.95. The molecule has 0 saturated carbocycles. The van der Waals surface area contributed by atoms with Gasteiger partial charge in [0.2, 0.25) is 0 Å². The molecule has 0 aliphatic rings. The van der Waals surface area contributed by atoms with Gasteiger partial charge >= 0.3 is 0 Å². The fraction of sp³-hybridized carbons (Fsp3) is 0.111. The molecule has 64 valence electrons. The van der Waals surface area contributed by atoms with Crippen molar-refractivity contribution in [3.63, 3.8) is 0 Å². The van der Waals surface area contributed by atoms with Gasteiger partial charge in [-0.25, -0.2) is 0 Å². The lowest BCUT2D eigenvalue weighted by Gasteiger charge is -1.91. The number of aromatic nitrogens is 2. The number of hydrogen-bond donors (Lipinski definition) is 0. The summed E-state index contributed by atoms with van der Waals surface area (Å²) in [5, 5.41) is 14.3. The van der Waals surface area contributed by atoms with Gasteiger partial charge in [-0.3, -0.25) is 4.68 Å². The van der Waals surface area contributed by atoms with Crippen LogP contribution in [0.25, 0.3) is 10.9 Å². The zero-order valence-corrected chi connectivity index (χ0v) is 7.71. The molecule has 0 aliphatic carbocycles. The average Bonchev–Trinajstić information content (AvgIpc) is 2.42. The minimum atomic E-state index is 0.501. The molecule has 0 unspecified atom stereocenters. The summed E-state index contributed by atoms with van der Waals surface area (Å²) in [4.78, 5) is 0. The topological polar surface area (TPSA) is 41.6 Å². The molecule has 0 atom stereocenters. The van der Waals surface area contributed by atoms with Gasteiger partial charge in [0, 0.05) is 7.05 Å². The second kappa shape index (κ2) is 2.75. The van der Waals surface area contributed by atoms with E-state index in [4.69, 9.17) is 16.9 Å². The van der Waals surface area contributed by atoms with Crippen molar-refractivity contribution in [1.82, 2.24) is 9.78 Å². The molecule has 0 N–H and O–H groups in total. The smallest absolute Gasteiger partial charge is 0.147 e. The fourth-order valence-electron chi connectivity index (χ4n) is 1.33. The van der Waals surface area contributed by atoms with Crippen molar-refractivity contribution in [3.05, 3.63) is 28.9 Å². The van der Waals surface area contributed by atoms with Crippen LogP contribution in [0.2, 0.25) is 5.02 Å². The number of hydrogen-bond acceptors (Lipinski definition) is 2. The van der Waals surface area contributed by atoms with Crippen molar-refractivity contribution in [3.8, 4) is 6.07 Å². The molecule has 0 fully saturated rings. The van der Waals surface area contributed by atoms with Gasteiger partial charge in [-0.2, -0.15) is 10.4 Å². The highest BCUT2D eigenvalue weighted by Gasteiger charge is 2.10. The standard InChI is InChI=1S/C9H6ClN3/c1-13-8(5-11)9-6(10)3-2-4-7(9)12-13/h2-4H,1H3. The van der Waals surface area contributed by atoms with Crippen LogP contribution in [-0.2, 0) is 7.05 Å². The van der Waals surface area contributed by atoms with Crippen LogP contribution in [0, 0.1) is 11.3 Å². The van der Waals surface area contributed by atoms with Crippen molar-refractivity contribution >= 4 is 22.5 Å². The molecular formula is C9H6ClN3. The van der Waals surface area contributed by atoms with Gasteiger partial charge in [-0.05, 0) is 12.1 Å². The summed E-state index contributed by atoms with van der Waals surface area (Å²) in [5.41, 5.74) is 1.26. The molecular weight excluding hydrogens is 186 g/mol. The van der Waals surface area contributed by atoms with E-state index >= 15 is 0 Å². The molecule has 0 amide bonds. The summed E-state index contributed by atoms with van der Waals surface area (Å²) in [6.07, 6.45) is 0. The lowest BCUT2D eigenvalue weighted by molar-refractivity contribution is 0.767. The fourth-order valence-corrected chi connectivity index (χ4v) is 1.59. The molecule has 4 heteroatoms. The van der Waals surface area contributed by atoms with Gasteiger partial charge < -0.3 is 0 Å². The Kier molecular flexibility index (Phi) is 1.71. The number of benzene rings is 1. The summed E-state index contributed by atoms with van der Waals surface area (Å²) in [7, 11) is 1.73. The van der Waals surface area contributed by atoms with Crippen molar-refractivity contribution in [2.45, 2.75) is 0 Å². The Morgan fingerprint density at radius 1 is 1.54 bits per heavy atom. The largest absolute Gasteiger partial charge is 0.257 e. The number of nitrogens with zero attached hydrogens (tertiary/aromatic N) is 3. The number of aryl methyl sites for hydroxylation is 1. The van der Waals surface area contributed by atoms with Crippen molar-refractivity contribution < 1.29 is 0 Å². The summed E-state index contributed by atoms with van der Waals surface area (Å²) < 4.78 is 1.54. The highest BCUT2D eigenvalue weighted by molar-refractivity contribution is 6.35. The highest BCUT2D eigenvalue weighted by Crippen LogP contribution is 2.25. The number of fused-ring (bicyclic) bond motifs is 1. The van der Waals surface area contributed by atoms with Crippen LogP contribution in [0.15, 0.2) is 18.2 Å². The van der Waals surface area contributed by atoms with Crippen LogP contribution in [0.1, 0.15) is 5.69 Å². The molecule has 1 heterocycles. The minimum Gasteiger partial charge on any atom is -0.257 e. The third-order valence-corrected chi connectivity index (χ3v) is 2.23. The van der Waals surface area contributed by atoms with E-state index in [0.29, 0.717) is 10.7 Å². The number of halogens is 1. The van der Waals surface area contributed by atoms with E-state index in [-0.39, 0.29) is 0 Å². The van der Waals surface area contributed by atoms with E-state index in [1.54, 1.807) is 13.1 Å². The number of nitriles is 1. The van der Waals surface area contributed by atoms with E-state index in [9.17, 15) is 0 Å². The summed E-state index contributed by atoms with van der Waals surface area (Å²) in [6, 6.07) is 7.49. The molecule has 0 spiro atoms. The molecule has 2 aromatic rings. The third-order valence-electron chi connectivity index (χ3n) is 1.92. The Morgan fingerprint density at radius 2 is 2.31 bits per heavy atom. The maximum atomic E-state index is 8.86. The van der Waals surface area contributed by atoms with Gasteiger partial charge in [-0.15, -0.1) is 0 Å². The predicted octanol–water partition coefficient (Wildman–Crippen LogP) is 2.10. The Labute approximate surface area is 80.1 Å². The molecule has 0 bridgehead atoms. The van der Waals surface area contributed by atoms with Crippen LogP contribution in [-0.4, -0.2) is 9.78 Å². The number of rotatable bonds is 0. The zero-order chi connectivity index (χ0) is 9.42. The van der Waals surface area contributed by atoms with Crippen molar-refractivity contribution in [2.24, 2.45) is 7.05 Å². The van der Waals surface area contributed by atoms with Crippen molar-refractivity contribution in [1.29, 1.82) is 5.26 Å². The molecule has 3 nitrogen and oxygen atoms in total. The molecule has 0 saturated heterocycles. The molecule has 1 aromatic carbocycles.